The summed E-state index contributed by atoms with van der Waals surface area (Å²) >= 11 is 1.60. The number of hydrogen-bond acceptors (Lipinski definition) is 6. The molecule has 2 heterocycles. The van der Waals surface area contributed by atoms with Gasteiger partial charge in [0.15, 0.2) is 0 Å². The summed E-state index contributed by atoms with van der Waals surface area (Å²) in [5.41, 5.74) is 10.6. The molecule has 1 unspecified atom stereocenters. The molecular formula is C23H32N4O3S. The largest absolute Gasteiger partial charge is 0.391 e. The third kappa shape index (κ3) is 5.14. The predicted octanol–water partition coefficient (Wildman–Crippen LogP) is 2.63. The van der Waals surface area contributed by atoms with Crippen LogP contribution in [0.1, 0.15) is 51.4 Å². The van der Waals surface area contributed by atoms with Crippen LogP contribution in [0.15, 0.2) is 29.8 Å². The molecule has 0 bridgehead atoms. The second-order valence-corrected chi connectivity index (χ2v) is 10.2. The fourth-order valence-corrected chi connectivity index (χ4v) is 4.56. The van der Waals surface area contributed by atoms with Crippen LogP contribution < -0.4 is 11.1 Å². The lowest BCUT2D eigenvalue weighted by Crippen LogP contribution is -2.55. The Morgan fingerprint density at radius 3 is 2.48 bits per heavy atom. The number of benzene rings is 1. The number of aryl methyl sites for hydroxylation is 1. The molecule has 8 heteroatoms. The van der Waals surface area contributed by atoms with E-state index in [9.17, 15) is 14.7 Å². The number of carbonyl (C=O) groups is 2. The Morgan fingerprint density at radius 1 is 1.29 bits per heavy atom. The van der Waals surface area contributed by atoms with Gasteiger partial charge >= 0.3 is 0 Å². The van der Waals surface area contributed by atoms with Gasteiger partial charge in [-0.15, -0.1) is 11.3 Å². The molecule has 7 nitrogen and oxygen atoms in total. The van der Waals surface area contributed by atoms with Gasteiger partial charge in [-0.05, 0) is 30.4 Å². The Morgan fingerprint density at radius 2 is 1.94 bits per heavy atom. The minimum Gasteiger partial charge on any atom is -0.391 e. The van der Waals surface area contributed by atoms with Gasteiger partial charge in [0.25, 0.3) is 0 Å². The molecule has 4 N–H and O–H groups in total. The van der Waals surface area contributed by atoms with E-state index in [1.54, 1.807) is 11.3 Å². The molecule has 1 saturated heterocycles. The van der Waals surface area contributed by atoms with Gasteiger partial charge in [-0.3, -0.25) is 9.59 Å². The van der Waals surface area contributed by atoms with E-state index in [2.05, 4.69) is 10.3 Å². The first-order chi connectivity index (χ1) is 14.5. The van der Waals surface area contributed by atoms with E-state index >= 15 is 0 Å². The molecule has 1 aromatic carbocycles. The maximum Gasteiger partial charge on any atom is 0.243 e. The van der Waals surface area contributed by atoms with Crippen molar-refractivity contribution in [3.63, 3.8) is 0 Å². The highest BCUT2D eigenvalue weighted by atomic mass is 32.1. The second kappa shape index (κ2) is 9.06. The van der Waals surface area contributed by atoms with E-state index < -0.39 is 23.6 Å². The van der Waals surface area contributed by atoms with Crippen LogP contribution in [0.3, 0.4) is 0 Å². The third-order valence-corrected chi connectivity index (χ3v) is 6.82. The lowest BCUT2D eigenvalue weighted by atomic mass is 9.86. The van der Waals surface area contributed by atoms with E-state index in [4.69, 9.17) is 5.73 Å². The number of β-amino-alcohol motifs (C(OH)–C–C–N with tert-alkyl or cyclic N) is 1. The molecule has 1 aliphatic heterocycles. The molecule has 4 atom stereocenters. The second-order valence-electron chi connectivity index (χ2n) is 9.36. The topological polar surface area (TPSA) is 109 Å². The van der Waals surface area contributed by atoms with Gasteiger partial charge in [0.1, 0.15) is 6.04 Å². The third-order valence-electron chi connectivity index (χ3n) is 5.84. The molecule has 31 heavy (non-hydrogen) atoms. The number of hydrogen-bond donors (Lipinski definition) is 3. The average molecular weight is 445 g/mol. The summed E-state index contributed by atoms with van der Waals surface area (Å²) in [4.78, 5) is 32.7. The van der Waals surface area contributed by atoms with E-state index in [0.717, 1.165) is 21.7 Å². The highest BCUT2D eigenvalue weighted by Gasteiger charge is 2.42. The van der Waals surface area contributed by atoms with Crippen molar-refractivity contribution in [2.24, 2.45) is 11.1 Å². The Kier molecular flexibility index (Phi) is 6.83. The molecule has 2 amide bonds. The molecule has 168 valence electrons. The Bertz CT molecular complexity index is 935. The smallest absolute Gasteiger partial charge is 0.243 e. The van der Waals surface area contributed by atoms with Crippen molar-refractivity contribution < 1.29 is 14.7 Å². The molecule has 0 saturated carbocycles. The van der Waals surface area contributed by atoms with Crippen molar-refractivity contribution in [1.29, 1.82) is 0 Å². The highest BCUT2D eigenvalue weighted by molar-refractivity contribution is 7.13. The predicted molar refractivity (Wildman–Crippen MR) is 122 cm³/mol. The van der Waals surface area contributed by atoms with Crippen LogP contribution in [-0.4, -0.2) is 51.5 Å². The van der Waals surface area contributed by atoms with E-state index in [1.165, 1.54) is 4.90 Å². The Balaban J connectivity index is 1.69. The number of rotatable bonds is 5. The first-order valence-corrected chi connectivity index (χ1v) is 11.4. The SMILES string of the molecule is Cc1ncsc1-c1ccc([C@H](C)NC(=O)[C@@H]2C[C@@H](O)CN2C(=O)C(N)C(C)(C)C)cc1. The zero-order chi connectivity index (χ0) is 22.9. The van der Waals surface area contributed by atoms with Crippen molar-refractivity contribution >= 4 is 23.2 Å². The number of amides is 2. The summed E-state index contributed by atoms with van der Waals surface area (Å²) in [7, 11) is 0. The van der Waals surface area contributed by atoms with Crippen LogP contribution in [0.2, 0.25) is 0 Å². The summed E-state index contributed by atoms with van der Waals surface area (Å²) in [5.74, 6) is -0.581. The zero-order valence-electron chi connectivity index (χ0n) is 18.8. The number of aliphatic hydroxyl groups is 1. The molecule has 0 aliphatic carbocycles. The maximum absolute atomic E-state index is 13.0. The Hall–Kier alpha value is -2.29. The van der Waals surface area contributed by atoms with Gasteiger partial charge in [-0.2, -0.15) is 0 Å². The van der Waals surface area contributed by atoms with Gasteiger partial charge in [0.2, 0.25) is 11.8 Å². The number of thiazole rings is 1. The number of aliphatic hydroxyl groups excluding tert-OH is 1. The lowest BCUT2D eigenvalue weighted by Gasteiger charge is -2.32. The standard InChI is InChI=1S/C23H32N4O3S/c1-13(15-6-8-16(9-7-15)19-14(2)25-12-31-19)26-21(29)18-10-17(28)11-27(18)22(30)20(24)23(3,4)5/h6-9,12-13,17-18,20,28H,10-11,24H2,1-5H3,(H,26,29)/t13-,17+,18-,20?/m0/s1. The molecule has 0 radical (unpaired) electrons. The first kappa shape index (κ1) is 23.4. The summed E-state index contributed by atoms with van der Waals surface area (Å²) < 4.78 is 0. The van der Waals surface area contributed by atoms with E-state index in [1.807, 2.05) is 64.4 Å². The molecule has 2 aromatic rings. The summed E-state index contributed by atoms with van der Waals surface area (Å²) in [6, 6.07) is 6.32. The summed E-state index contributed by atoms with van der Waals surface area (Å²) in [5, 5.41) is 13.1. The normalized spacial score (nSPS) is 21.1. The number of nitrogens with zero attached hydrogens (tertiary/aromatic N) is 2. The minimum atomic E-state index is -0.742. The van der Waals surface area contributed by atoms with Crippen LogP contribution in [0.25, 0.3) is 10.4 Å². The van der Waals surface area contributed by atoms with Crippen LogP contribution in [0.4, 0.5) is 0 Å². The van der Waals surface area contributed by atoms with Crippen molar-refractivity contribution in [1.82, 2.24) is 15.2 Å². The van der Waals surface area contributed by atoms with E-state index in [-0.39, 0.29) is 30.8 Å². The van der Waals surface area contributed by atoms with Crippen LogP contribution in [0.5, 0.6) is 0 Å². The van der Waals surface area contributed by atoms with Crippen molar-refractivity contribution in [2.45, 2.75) is 65.3 Å². The molecular weight excluding hydrogens is 412 g/mol. The van der Waals surface area contributed by atoms with Gasteiger partial charge in [-0.1, -0.05) is 45.0 Å². The highest BCUT2D eigenvalue weighted by Crippen LogP contribution is 2.29. The number of carbonyl (C=O) groups excluding carboxylic acids is 2. The number of nitrogens with two attached hydrogens (primary N) is 1. The van der Waals surface area contributed by atoms with Crippen molar-refractivity contribution in [3.8, 4) is 10.4 Å². The number of nitrogens with one attached hydrogen (secondary N) is 1. The lowest BCUT2D eigenvalue weighted by molar-refractivity contribution is -0.141. The van der Waals surface area contributed by atoms with Gasteiger partial charge in [0, 0.05) is 13.0 Å². The first-order valence-electron chi connectivity index (χ1n) is 10.5. The maximum atomic E-state index is 13.0. The number of aromatic nitrogens is 1. The molecule has 3 rings (SSSR count). The van der Waals surface area contributed by atoms with Crippen LogP contribution in [0, 0.1) is 12.3 Å². The molecule has 1 aliphatic rings. The minimum absolute atomic E-state index is 0.123. The monoisotopic (exact) mass is 444 g/mol. The molecule has 1 aromatic heterocycles. The van der Waals surface area contributed by atoms with Gasteiger partial charge in [0.05, 0.1) is 34.3 Å². The van der Waals surface area contributed by atoms with Crippen molar-refractivity contribution in [2.75, 3.05) is 6.54 Å². The Labute approximate surface area is 187 Å². The fourth-order valence-electron chi connectivity index (χ4n) is 3.75. The van der Waals surface area contributed by atoms with Gasteiger partial charge in [-0.25, -0.2) is 4.98 Å². The number of likely N-dealkylation sites (tertiary alicyclic amines) is 1. The van der Waals surface area contributed by atoms with E-state index in [0.29, 0.717) is 0 Å². The summed E-state index contributed by atoms with van der Waals surface area (Å²) in [6.07, 6.45) is -0.519. The van der Waals surface area contributed by atoms with Crippen LogP contribution in [-0.2, 0) is 9.59 Å². The zero-order valence-corrected chi connectivity index (χ0v) is 19.6. The van der Waals surface area contributed by atoms with Crippen LogP contribution >= 0.6 is 11.3 Å². The van der Waals surface area contributed by atoms with Gasteiger partial charge < -0.3 is 21.1 Å². The fraction of sp³-hybridized carbons (Fsp3) is 0.522. The molecule has 1 fully saturated rings. The summed E-state index contributed by atoms with van der Waals surface area (Å²) in [6.45, 7) is 9.67. The molecule has 0 spiro atoms. The average Bonchev–Trinajstić information content (AvgIpc) is 3.31. The van der Waals surface area contributed by atoms with Crippen molar-refractivity contribution in [3.05, 3.63) is 41.0 Å². The quantitative estimate of drug-likeness (QED) is 0.657.